The molecule has 1 unspecified atom stereocenters. The van der Waals surface area contributed by atoms with E-state index >= 15 is 0 Å². The van der Waals surface area contributed by atoms with Gasteiger partial charge >= 0.3 is 0 Å². The second-order valence-electron chi connectivity index (χ2n) is 4.69. The Balaban J connectivity index is 2.09. The van der Waals surface area contributed by atoms with Crippen LogP contribution in [-0.2, 0) is 16.1 Å². The summed E-state index contributed by atoms with van der Waals surface area (Å²) in [5, 5.41) is 5.51. The highest BCUT2D eigenvalue weighted by Gasteiger charge is 2.26. The fourth-order valence-corrected chi connectivity index (χ4v) is 3.60. The van der Waals surface area contributed by atoms with Crippen LogP contribution in [0.5, 0.6) is 5.75 Å². The molecule has 0 spiro atoms. The average molecular weight is 420 g/mol. The minimum atomic E-state index is -0.352. The Hall–Kier alpha value is -0.920. The standard InChI is InChI=1S/C14H16Br2N2O3/c1-2-21-13-8(5-9(15)6-10(13)16)7-17-11-3-4-12(19)18-14(11)20/h5-6,11,17H,2-4,7H2,1H3,(H,18,19,20). The first-order chi connectivity index (χ1) is 10.0. The quantitative estimate of drug-likeness (QED) is 0.719. The van der Waals surface area contributed by atoms with Gasteiger partial charge in [0.2, 0.25) is 11.8 Å². The monoisotopic (exact) mass is 418 g/mol. The van der Waals surface area contributed by atoms with Gasteiger partial charge in [-0.25, -0.2) is 0 Å². The summed E-state index contributed by atoms with van der Waals surface area (Å²) in [7, 11) is 0. The van der Waals surface area contributed by atoms with Gasteiger partial charge in [-0.3, -0.25) is 14.9 Å². The number of piperidine rings is 1. The van der Waals surface area contributed by atoms with Crippen LogP contribution in [0.1, 0.15) is 25.3 Å². The van der Waals surface area contributed by atoms with Gasteiger partial charge in [0.05, 0.1) is 17.1 Å². The molecule has 2 rings (SSSR count). The van der Waals surface area contributed by atoms with E-state index in [9.17, 15) is 9.59 Å². The molecular weight excluding hydrogens is 404 g/mol. The zero-order valence-corrected chi connectivity index (χ0v) is 14.7. The van der Waals surface area contributed by atoms with Gasteiger partial charge in [-0.2, -0.15) is 0 Å². The molecule has 0 bridgehead atoms. The number of nitrogens with one attached hydrogen (secondary N) is 2. The summed E-state index contributed by atoms with van der Waals surface area (Å²) in [5.74, 6) is 0.289. The molecule has 2 amide bonds. The highest BCUT2D eigenvalue weighted by molar-refractivity contribution is 9.11. The highest BCUT2D eigenvalue weighted by Crippen LogP contribution is 2.33. The second kappa shape index (κ2) is 7.38. The number of ether oxygens (including phenoxy) is 1. The lowest BCUT2D eigenvalue weighted by atomic mass is 10.1. The van der Waals surface area contributed by atoms with E-state index < -0.39 is 0 Å². The lowest BCUT2D eigenvalue weighted by Gasteiger charge is -2.22. The van der Waals surface area contributed by atoms with Crippen molar-refractivity contribution in [2.45, 2.75) is 32.4 Å². The summed E-state index contributed by atoms with van der Waals surface area (Å²) in [6.07, 6.45) is 0.883. The van der Waals surface area contributed by atoms with Crippen molar-refractivity contribution in [3.05, 3.63) is 26.6 Å². The Morgan fingerprint density at radius 1 is 1.38 bits per heavy atom. The van der Waals surface area contributed by atoms with Gasteiger partial charge in [0.1, 0.15) is 5.75 Å². The lowest BCUT2D eigenvalue weighted by Crippen LogP contribution is -2.50. The molecule has 1 saturated heterocycles. The molecule has 1 aliphatic heterocycles. The van der Waals surface area contributed by atoms with Crippen LogP contribution < -0.4 is 15.4 Å². The first kappa shape index (κ1) is 16.5. The van der Waals surface area contributed by atoms with Gasteiger partial charge in [0, 0.05) is 23.0 Å². The molecule has 2 N–H and O–H groups in total. The van der Waals surface area contributed by atoms with E-state index in [2.05, 4.69) is 42.5 Å². The number of carbonyl (C=O) groups is 2. The molecular formula is C14H16Br2N2O3. The number of imide groups is 1. The molecule has 0 saturated carbocycles. The Morgan fingerprint density at radius 2 is 2.14 bits per heavy atom. The maximum absolute atomic E-state index is 11.7. The van der Waals surface area contributed by atoms with Gasteiger partial charge in [-0.05, 0) is 41.4 Å². The van der Waals surface area contributed by atoms with E-state index in [-0.39, 0.29) is 17.9 Å². The summed E-state index contributed by atoms with van der Waals surface area (Å²) < 4.78 is 7.43. The highest BCUT2D eigenvalue weighted by atomic mass is 79.9. The Morgan fingerprint density at radius 3 is 2.81 bits per heavy atom. The molecule has 1 aromatic rings. The van der Waals surface area contributed by atoms with Crippen molar-refractivity contribution in [1.82, 2.24) is 10.6 Å². The summed E-state index contributed by atoms with van der Waals surface area (Å²) in [6.45, 7) is 2.97. The number of carbonyl (C=O) groups excluding carboxylic acids is 2. The predicted molar refractivity (Wildman–Crippen MR) is 86.0 cm³/mol. The second-order valence-corrected chi connectivity index (χ2v) is 6.46. The van der Waals surface area contributed by atoms with Crippen molar-refractivity contribution >= 4 is 43.7 Å². The molecule has 1 aromatic carbocycles. The summed E-state index contributed by atoms with van der Waals surface area (Å²) in [6, 6.07) is 3.52. The van der Waals surface area contributed by atoms with E-state index in [1.807, 2.05) is 19.1 Å². The van der Waals surface area contributed by atoms with Gasteiger partial charge in [-0.15, -0.1) is 0 Å². The molecule has 5 nitrogen and oxygen atoms in total. The maximum atomic E-state index is 11.7. The zero-order valence-electron chi connectivity index (χ0n) is 11.5. The summed E-state index contributed by atoms with van der Waals surface area (Å²) in [4.78, 5) is 22.9. The molecule has 0 aliphatic carbocycles. The van der Waals surface area contributed by atoms with Gasteiger partial charge < -0.3 is 10.1 Å². The first-order valence-corrected chi connectivity index (χ1v) is 8.27. The van der Waals surface area contributed by atoms with Crippen LogP contribution in [0.4, 0.5) is 0 Å². The number of hydrogen-bond donors (Lipinski definition) is 2. The van der Waals surface area contributed by atoms with E-state index in [0.717, 1.165) is 20.3 Å². The fraction of sp³-hybridized carbons (Fsp3) is 0.429. The molecule has 1 fully saturated rings. The minimum absolute atomic E-state index is 0.210. The predicted octanol–water partition coefficient (Wildman–Crippen LogP) is 2.51. The van der Waals surface area contributed by atoms with E-state index in [1.165, 1.54) is 0 Å². The Bertz CT molecular complexity index is 563. The Kier molecular flexibility index (Phi) is 5.78. The third kappa shape index (κ3) is 4.28. The van der Waals surface area contributed by atoms with Crippen molar-refractivity contribution in [3.8, 4) is 5.75 Å². The van der Waals surface area contributed by atoms with Crippen molar-refractivity contribution in [3.63, 3.8) is 0 Å². The third-order valence-corrected chi connectivity index (χ3v) is 4.20. The molecule has 21 heavy (non-hydrogen) atoms. The molecule has 1 aliphatic rings. The minimum Gasteiger partial charge on any atom is -0.492 e. The van der Waals surface area contributed by atoms with Crippen molar-refractivity contribution in [2.75, 3.05) is 6.61 Å². The average Bonchev–Trinajstić information content (AvgIpc) is 2.41. The number of benzene rings is 1. The van der Waals surface area contributed by atoms with Crippen LogP contribution in [0.2, 0.25) is 0 Å². The smallest absolute Gasteiger partial charge is 0.243 e. The van der Waals surface area contributed by atoms with Crippen LogP contribution in [-0.4, -0.2) is 24.5 Å². The number of amides is 2. The first-order valence-electron chi connectivity index (χ1n) is 6.69. The normalized spacial score (nSPS) is 18.5. The maximum Gasteiger partial charge on any atom is 0.243 e. The topological polar surface area (TPSA) is 67.4 Å². The SMILES string of the molecule is CCOc1c(Br)cc(Br)cc1CNC1CCC(=O)NC1=O. The van der Waals surface area contributed by atoms with Gasteiger partial charge in [-0.1, -0.05) is 15.9 Å². The van der Waals surface area contributed by atoms with E-state index in [4.69, 9.17) is 4.74 Å². The number of rotatable bonds is 5. The van der Waals surface area contributed by atoms with Crippen molar-refractivity contribution in [1.29, 1.82) is 0 Å². The van der Waals surface area contributed by atoms with Gasteiger partial charge in [0.25, 0.3) is 0 Å². The zero-order chi connectivity index (χ0) is 15.4. The molecule has 0 radical (unpaired) electrons. The third-order valence-electron chi connectivity index (χ3n) is 3.15. The van der Waals surface area contributed by atoms with Crippen LogP contribution in [0, 0.1) is 0 Å². The number of halogens is 2. The molecule has 114 valence electrons. The molecule has 7 heteroatoms. The summed E-state index contributed by atoms with van der Waals surface area (Å²) in [5.41, 5.74) is 0.947. The number of hydrogen-bond acceptors (Lipinski definition) is 4. The molecule has 1 atom stereocenters. The van der Waals surface area contributed by atoms with E-state index in [0.29, 0.717) is 26.0 Å². The van der Waals surface area contributed by atoms with Crippen LogP contribution in [0.3, 0.4) is 0 Å². The van der Waals surface area contributed by atoms with Gasteiger partial charge in [0.15, 0.2) is 0 Å². The van der Waals surface area contributed by atoms with Crippen molar-refractivity contribution in [2.24, 2.45) is 0 Å². The fourth-order valence-electron chi connectivity index (χ4n) is 2.17. The van der Waals surface area contributed by atoms with Crippen LogP contribution in [0.25, 0.3) is 0 Å². The molecule has 0 aromatic heterocycles. The van der Waals surface area contributed by atoms with Crippen LogP contribution >= 0.6 is 31.9 Å². The lowest BCUT2D eigenvalue weighted by molar-refractivity contribution is -0.134. The van der Waals surface area contributed by atoms with Crippen molar-refractivity contribution < 1.29 is 14.3 Å². The molecule has 1 heterocycles. The summed E-state index contributed by atoms with van der Waals surface area (Å²) >= 11 is 6.92. The van der Waals surface area contributed by atoms with E-state index in [1.54, 1.807) is 0 Å². The Labute approximate surface area is 140 Å². The van der Waals surface area contributed by atoms with Crippen LogP contribution in [0.15, 0.2) is 21.1 Å². The largest absolute Gasteiger partial charge is 0.492 e.